The summed E-state index contributed by atoms with van der Waals surface area (Å²) in [6.07, 6.45) is -0.500. The Hall–Kier alpha value is -2.95. The molecule has 1 N–H and O–H groups in total. The average molecular weight is 416 g/mol. The smallest absolute Gasteiger partial charge is 0.406 e. The van der Waals surface area contributed by atoms with Crippen LogP contribution in [0.15, 0.2) is 30.6 Å². The van der Waals surface area contributed by atoms with E-state index >= 15 is 0 Å². The molecule has 0 atom stereocenters. The highest BCUT2D eigenvalue weighted by Gasteiger charge is 2.31. The standard InChI is InChI=1S/C18H18F4N4O3.H2/c19-14-5-12(6-15(7-14)29-18(20,21)22)8-23-17-24-9-13(10-25-17)16(27)26-3-1-2-4-28-11-26;/h5-7,9-10H,1-4,8,11H2,(H,23,24,25);1H. The number of nitrogens with one attached hydrogen (secondary N) is 1. The van der Waals surface area contributed by atoms with Crippen LogP contribution in [-0.2, 0) is 11.3 Å². The van der Waals surface area contributed by atoms with E-state index in [4.69, 9.17) is 4.74 Å². The molecule has 0 saturated carbocycles. The molecule has 0 spiro atoms. The Morgan fingerprint density at radius 2 is 2.00 bits per heavy atom. The van der Waals surface area contributed by atoms with Gasteiger partial charge in [0.25, 0.3) is 5.91 Å². The molecule has 1 aliphatic heterocycles. The van der Waals surface area contributed by atoms with E-state index < -0.39 is 17.9 Å². The summed E-state index contributed by atoms with van der Waals surface area (Å²) in [6, 6.07) is 2.76. The van der Waals surface area contributed by atoms with Crippen molar-refractivity contribution >= 4 is 11.9 Å². The van der Waals surface area contributed by atoms with Crippen molar-refractivity contribution in [2.24, 2.45) is 0 Å². The van der Waals surface area contributed by atoms with Crippen molar-refractivity contribution in [2.45, 2.75) is 25.7 Å². The number of hydrogen-bond donors (Lipinski definition) is 1. The number of aromatic nitrogens is 2. The van der Waals surface area contributed by atoms with Crippen LogP contribution in [0.25, 0.3) is 0 Å². The summed E-state index contributed by atoms with van der Waals surface area (Å²) in [5.41, 5.74) is 0.488. The third kappa shape index (κ3) is 6.28. The number of halogens is 4. The van der Waals surface area contributed by atoms with Gasteiger partial charge in [-0.1, -0.05) is 0 Å². The number of alkyl halides is 3. The highest BCUT2D eigenvalue weighted by Crippen LogP contribution is 2.25. The van der Waals surface area contributed by atoms with E-state index in [0.717, 1.165) is 25.0 Å². The molecule has 1 fully saturated rings. The van der Waals surface area contributed by atoms with Crippen LogP contribution in [0.3, 0.4) is 0 Å². The molecule has 29 heavy (non-hydrogen) atoms. The second-order valence-electron chi connectivity index (χ2n) is 6.30. The van der Waals surface area contributed by atoms with Gasteiger partial charge in [-0.25, -0.2) is 14.4 Å². The lowest BCUT2D eigenvalue weighted by Gasteiger charge is -2.19. The molecule has 0 bridgehead atoms. The highest BCUT2D eigenvalue weighted by molar-refractivity contribution is 5.93. The van der Waals surface area contributed by atoms with Gasteiger partial charge in [0.1, 0.15) is 18.3 Å². The molecule has 1 aliphatic rings. The van der Waals surface area contributed by atoms with Gasteiger partial charge in [-0.05, 0) is 30.5 Å². The monoisotopic (exact) mass is 416 g/mol. The number of ether oxygens (including phenoxy) is 2. The molecule has 158 valence electrons. The Morgan fingerprint density at radius 1 is 1.24 bits per heavy atom. The summed E-state index contributed by atoms with van der Waals surface area (Å²) in [6.45, 7) is 1.36. The number of amides is 1. The first-order valence-corrected chi connectivity index (χ1v) is 8.78. The van der Waals surface area contributed by atoms with Crippen molar-refractivity contribution < 1.29 is 33.3 Å². The van der Waals surface area contributed by atoms with E-state index in [-0.39, 0.29) is 37.7 Å². The zero-order chi connectivity index (χ0) is 20.9. The van der Waals surface area contributed by atoms with Gasteiger partial charge in [0.15, 0.2) is 0 Å². The van der Waals surface area contributed by atoms with Crippen LogP contribution in [0.4, 0.5) is 23.5 Å². The van der Waals surface area contributed by atoms with Gasteiger partial charge in [-0.2, -0.15) is 0 Å². The first kappa shape index (κ1) is 20.8. The Kier molecular flexibility index (Phi) is 6.47. The average Bonchev–Trinajstić information content (AvgIpc) is 2.94. The molecule has 1 amide bonds. The normalized spacial score (nSPS) is 15.0. The lowest BCUT2D eigenvalue weighted by Crippen LogP contribution is -2.32. The maximum Gasteiger partial charge on any atom is 0.573 e. The predicted octanol–water partition coefficient (Wildman–Crippen LogP) is 3.58. The van der Waals surface area contributed by atoms with Gasteiger partial charge in [-0.3, -0.25) is 4.79 Å². The minimum absolute atomic E-state index is 0. The van der Waals surface area contributed by atoms with Gasteiger partial charge < -0.3 is 19.7 Å². The van der Waals surface area contributed by atoms with Gasteiger partial charge in [0.05, 0.1) is 5.56 Å². The van der Waals surface area contributed by atoms with E-state index in [2.05, 4.69) is 20.0 Å². The second-order valence-corrected chi connectivity index (χ2v) is 6.30. The van der Waals surface area contributed by atoms with E-state index in [9.17, 15) is 22.4 Å². The first-order valence-electron chi connectivity index (χ1n) is 8.78. The van der Waals surface area contributed by atoms with Crippen LogP contribution < -0.4 is 10.1 Å². The zero-order valence-electron chi connectivity index (χ0n) is 15.2. The van der Waals surface area contributed by atoms with Crippen molar-refractivity contribution in [3.8, 4) is 5.75 Å². The number of hydrogen-bond acceptors (Lipinski definition) is 6. The van der Waals surface area contributed by atoms with E-state index in [1.807, 2.05) is 0 Å². The molecule has 0 unspecified atom stereocenters. The SMILES string of the molecule is O=C(c1cnc(NCc2cc(F)cc(OC(F)(F)F)c2)nc1)N1CCCCOC1.[HH]. The number of benzene rings is 1. The maximum atomic E-state index is 13.5. The van der Waals surface area contributed by atoms with Crippen LogP contribution in [-0.4, -0.2) is 47.0 Å². The predicted molar refractivity (Wildman–Crippen MR) is 95.6 cm³/mol. The topological polar surface area (TPSA) is 76.6 Å². The number of nitrogens with zero attached hydrogens (tertiary/aromatic N) is 3. The van der Waals surface area contributed by atoms with Gasteiger partial charge >= 0.3 is 6.36 Å². The summed E-state index contributed by atoms with van der Waals surface area (Å²) < 4.78 is 59.5. The molecule has 1 saturated heterocycles. The summed E-state index contributed by atoms with van der Waals surface area (Å²) in [5, 5.41) is 2.76. The molecule has 7 nitrogen and oxygen atoms in total. The summed E-state index contributed by atoms with van der Waals surface area (Å²) >= 11 is 0. The number of rotatable bonds is 5. The summed E-state index contributed by atoms with van der Waals surface area (Å²) in [5.74, 6) is -1.64. The minimum Gasteiger partial charge on any atom is -0.406 e. The molecule has 2 heterocycles. The van der Waals surface area contributed by atoms with Crippen molar-refractivity contribution in [2.75, 3.05) is 25.2 Å². The van der Waals surface area contributed by atoms with Crippen molar-refractivity contribution in [3.63, 3.8) is 0 Å². The van der Waals surface area contributed by atoms with Crippen LogP contribution in [0.1, 0.15) is 30.2 Å². The largest absolute Gasteiger partial charge is 0.573 e. The third-order valence-electron chi connectivity index (χ3n) is 4.02. The molecule has 1 aromatic carbocycles. The second kappa shape index (κ2) is 9.03. The lowest BCUT2D eigenvalue weighted by atomic mass is 10.2. The number of anilines is 1. The molecular formula is C18H20F4N4O3. The van der Waals surface area contributed by atoms with Crippen molar-refractivity contribution in [1.82, 2.24) is 14.9 Å². The zero-order valence-corrected chi connectivity index (χ0v) is 15.2. The summed E-state index contributed by atoms with van der Waals surface area (Å²) in [7, 11) is 0. The first-order chi connectivity index (χ1) is 13.8. The van der Waals surface area contributed by atoms with Gasteiger partial charge in [0, 0.05) is 39.6 Å². The summed E-state index contributed by atoms with van der Waals surface area (Å²) in [4.78, 5) is 22.0. The fraction of sp³-hybridized carbons (Fsp3) is 0.389. The van der Waals surface area contributed by atoms with Crippen LogP contribution >= 0.6 is 0 Å². The maximum absolute atomic E-state index is 13.5. The molecule has 0 aliphatic carbocycles. The van der Waals surface area contributed by atoms with Crippen LogP contribution in [0.2, 0.25) is 0 Å². The fourth-order valence-electron chi connectivity index (χ4n) is 2.72. The van der Waals surface area contributed by atoms with Gasteiger partial charge in [-0.15, -0.1) is 13.2 Å². The van der Waals surface area contributed by atoms with Crippen molar-refractivity contribution in [1.29, 1.82) is 0 Å². The Morgan fingerprint density at radius 3 is 2.72 bits per heavy atom. The van der Waals surface area contributed by atoms with E-state index in [0.29, 0.717) is 19.2 Å². The molecular weight excluding hydrogens is 396 g/mol. The van der Waals surface area contributed by atoms with Crippen LogP contribution in [0, 0.1) is 5.82 Å². The molecule has 3 rings (SSSR count). The molecule has 0 radical (unpaired) electrons. The quantitative estimate of drug-likeness (QED) is 0.751. The number of carbonyl (C=O) groups excluding carboxylic acids is 1. The lowest BCUT2D eigenvalue weighted by molar-refractivity contribution is -0.274. The minimum atomic E-state index is -4.91. The molecule has 1 aromatic heterocycles. The Labute approximate surface area is 165 Å². The van der Waals surface area contributed by atoms with E-state index in [1.165, 1.54) is 12.4 Å². The molecule has 11 heteroatoms. The third-order valence-corrected chi connectivity index (χ3v) is 4.02. The number of carbonyl (C=O) groups is 1. The van der Waals surface area contributed by atoms with Crippen LogP contribution in [0.5, 0.6) is 5.75 Å². The highest BCUT2D eigenvalue weighted by atomic mass is 19.4. The van der Waals surface area contributed by atoms with Gasteiger partial charge in [0.2, 0.25) is 5.95 Å². The Bertz CT molecular complexity index is 844. The molecule has 2 aromatic rings. The van der Waals surface area contributed by atoms with Crippen molar-refractivity contribution in [3.05, 3.63) is 47.5 Å². The van der Waals surface area contributed by atoms with E-state index in [1.54, 1.807) is 4.90 Å². The Balaban J connectivity index is 0.00000320. The fourth-order valence-corrected chi connectivity index (χ4v) is 2.72.